The second kappa shape index (κ2) is 7.58. The predicted octanol–water partition coefficient (Wildman–Crippen LogP) is 1.26. The maximum absolute atomic E-state index is 12.5. The topological polar surface area (TPSA) is 99.7 Å². The molecule has 140 valence electrons. The van der Waals surface area contributed by atoms with E-state index in [4.69, 9.17) is 10.2 Å². The van der Waals surface area contributed by atoms with Crippen LogP contribution in [0, 0.1) is 11.3 Å². The molecule has 0 spiro atoms. The molecule has 0 aliphatic carbocycles. The van der Waals surface area contributed by atoms with Gasteiger partial charge in [-0.25, -0.2) is 15.0 Å². The van der Waals surface area contributed by atoms with Gasteiger partial charge in [0.1, 0.15) is 6.33 Å². The van der Waals surface area contributed by atoms with Crippen LogP contribution in [0.2, 0.25) is 0 Å². The van der Waals surface area contributed by atoms with Crippen molar-refractivity contribution in [3.8, 4) is 17.5 Å². The summed E-state index contributed by atoms with van der Waals surface area (Å²) in [6.45, 7) is 2.11. The van der Waals surface area contributed by atoms with Crippen molar-refractivity contribution in [2.24, 2.45) is 7.05 Å². The molecule has 0 amide bonds. The van der Waals surface area contributed by atoms with Gasteiger partial charge in [0.15, 0.2) is 0 Å². The first-order valence-electron chi connectivity index (χ1n) is 8.98. The Bertz CT molecular complexity index is 1090. The van der Waals surface area contributed by atoms with Gasteiger partial charge in [-0.1, -0.05) is 12.1 Å². The lowest BCUT2D eigenvalue weighted by atomic mass is 10.0. The lowest BCUT2D eigenvalue weighted by Crippen LogP contribution is -2.47. The summed E-state index contributed by atoms with van der Waals surface area (Å²) in [5.41, 5.74) is 2.68. The van der Waals surface area contributed by atoms with E-state index in [0.717, 1.165) is 18.7 Å². The maximum atomic E-state index is 12.5. The van der Waals surface area contributed by atoms with Crippen molar-refractivity contribution in [1.82, 2.24) is 24.8 Å². The molecule has 3 heterocycles. The fourth-order valence-electron chi connectivity index (χ4n) is 3.36. The van der Waals surface area contributed by atoms with Crippen LogP contribution in [-0.2, 0) is 7.05 Å². The van der Waals surface area contributed by atoms with E-state index in [0.29, 0.717) is 29.4 Å². The Kier molecular flexibility index (Phi) is 4.83. The Morgan fingerprint density at radius 1 is 1.25 bits per heavy atom. The molecule has 8 heteroatoms. The number of nitrogens with zero attached hydrogens (tertiary/aromatic N) is 6. The van der Waals surface area contributed by atoms with Gasteiger partial charge >= 0.3 is 0 Å². The Hall–Kier alpha value is -3.57. The summed E-state index contributed by atoms with van der Waals surface area (Å²) >= 11 is 0. The quantitative estimate of drug-likeness (QED) is 0.738. The first-order valence-corrected chi connectivity index (χ1v) is 8.98. The molecule has 0 radical (unpaired) electrons. The molecule has 1 saturated heterocycles. The third-order valence-electron chi connectivity index (χ3n) is 4.83. The number of piperazine rings is 1. The number of aromatic nitrogens is 4. The van der Waals surface area contributed by atoms with Gasteiger partial charge < -0.3 is 10.2 Å². The fourth-order valence-corrected chi connectivity index (χ4v) is 3.36. The van der Waals surface area contributed by atoms with E-state index in [9.17, 15) is 4.79 Å². The predicted molar refractivity (Wildman–Crippen MR) is 105 cm³/mol. The number of hydrogen-bond acceptors (Lipinski definition) is 7. The molecule has 1 aromatic carbocycles. The van der Waals surface area contributed by atoms with Gasteiger partial charge in [0, 0.05) is 45.0 Å². The lowest BCUT2D eigenvalue weighted by Gasteiger charge is -2.35. The number of benzene rings is 1. The van der Waals surface area contributed by atoms with Crippen LogP contribution >= 0.6 is 0 Å². The molecule has 0 bridgehead atoms. The number of nitriles is 1. The van der Waals surface area contributed by atoms with Gasteiger partial charge in [0.25, 0.3) is 5.56 Å². The molecule has 1 N–H and O–H groups in total. The van der Waals surface area contributed by atoms with Crippen LogP contribution < -0.4 is 15.8 Å². The van der Waals surface area contributed by atoms with Crippen molar-refractivity contribution in [2.45, 2.75) is 6.04 Å². The largest absolute Gasteiger partial charge is 0.339 e. The van der Waals surface area contributed by atoms with Gasteiger partial charge in [0.05, 0.1) is 23.0 Å². The van der Waals surface area contributed by atoms with Crippen LogP contribution in [0.4, 0.5) is 5.95 Å². The van der Waals surface area contributed by atoms with Crippen LogP contribution in [0.25, 0.3) is 11.4 Å². The van der Waals surface area contributed by atoms with Crippen molar-refractivity contribution in [2.75, 3.05) is 24.5 Å². The number of hydrogen-bond donors (Lipinski definition) is 1. The first-order chi connectivity index (χ1) is 13.7. The highest BCUT2D eigenvalue weighted by Crippen LogP contribution is 2.23. The molecule has 1 unspecified atom stereocenters. The molecule has 1 aliphatic rings. The van der Waals surface area contributed by atoms with Crippen molar-refractivity contribution in [3.63, 3.8) is 0 Å². The molecule has 3 aromatic rings. The third-order valence-corrected chi connectivity index (χ3v) is 4.83. The normalized spacial score (nSPS) is 16.6. The van der Waals surface area contributed by atoms with E-state index in [1.165, 1.54) is 12.4 Å². The molecular formula is C20H19N7O. The Morgan fingerprint density at radius 3 is 2.93 bits per heavy atom. The smallest absolute Gasteiger partial charge is 0.255 e. The Labute approximate surface area is 162 Å². The van der Waals surface area contributed by atoms with E-state index >= 15 is 0 Å². The van der Waals surface area contributed by atoms with Crippen LogP contribution in [0.1, 0.15) is 17.2 Å². The lowest BCUT2D eigenvalue weighted by molar-refractivity contribution is 0.462. The minimum absolute atomic E-state index is 0.0432. The van der Waals surface area contributed by atoms with Crippen LogP contribution in [0.5, 0.6) is 0 Å². The minimum atomic E-state index is -0.139. The first kappa shape index (κ1) is 17.8. The van der Waals surface area contributed by atoms with Crippen LogP contribution in [0.3, 0.4) is 0 Å². The number of anilines is 1. The van der Waals surface area contributed by atoms with E-state index in [1.54, 1.807) is 29.9 Å². The third kappa shape index (κ3) is 3.48. The molecule has 4 rings (SSSR count). The van der Waals surface area contributed by atoms with Gasteiger partial charge in [0.2, 0.25) is 5.95 Å². The highest BCUT2D eigenvalue weighted by molar-refractivity contribution is 5.55. The molecule has 2 aromatic heterocycles. The average Bonchev–Trinajstić information content (AvgIpc) is 2.76. The van der Waals surface area contributed by atoms with Gasteiger partial charge in [-0.3, -0.25) is 9.36 Å². The molecule has 8 nitrogen and oxygen atoms in total. The molecule has 1 fully saturated rings. The number of rotatable bonds is 3. The highest BCUT2D eigenvalue weighted by atomic mass is 16.1. The fraction of sp³-hybridized carbons (Fsp3) is 0.250. The van der Waals surface area contributed by atoms with E-state index in [-0.39, 0.29) is 11.6 Å². The summed E-state index contributed by atoms with van der Waals surface area (Å²) in [5.74, 6) is 0.601. The van der Waals surface area contributed by atoms with E-state index in [1.807, 2.05) is 18.2 Å². The minimum Gasteiger partial charge on any atom is -0.339 e. The SMILES string of the molecule is Cn1c(N2CCNC(c3cccc(C#N)c3)C2)nc(-c2ccncn2)cc1=O. The van der Waals surface area contributed by atoms with E-state index in [2.05, 4.69) is 26.3 Å². The summed E-state index contributed by atoms with van der Waals surface area (Å²) in [6, 6.07) is 13.0. The molecular weight excluding hydrogens is 354 g/mol. The van der Waals surface area contributed by atoms with Crippen LogP contribution in [-0.4, -0.2) is 39.2 Å². The molecule has 1 aliphatic heterocycles. The standard InChI is InChI=1S/C20H19N7O/c1-26-19(28)10-17(16-5-6-22-13-24-16)25-20(26)27-8-7-23-18(12-27)15-4-2-3-14(9-15)11-21/h2-6,9-10,13,18,23H,7-8,12H2,1H3. The number of nitrogens with one attached hydrogen (secondary N) is 1. The summed E-state index contributed by atoms with van der Waals surface area (Å²) < 4.78 is 1.55. The summed E-state index contributed by atoms with van der Waals surface area (Å²) in [6.07, 6.45) is 3.07. The zero-order valence-corrected chi connectivity index (χ0v) is 15.4. The zero-order chi connectivity index (χ0) is 19.5. The van der Waals surface area contributed by atoms with E-state index < -0.39 is 0 Å². The van der Waals surface area contributed by atoms with Crippen molar-refractivity contribution >= 4 is 5.95 Å². The molecule has 0 saturated carbocycles. The zero-order valence-electron chi connectivity index (χ0n) is 15.4. The summed E-state index contributed by atoms with van der Waals surface area (Å²) in [4.78, 5) is 27.4. The molecule has 28 heavy (non-hydrogen) atoms. The highest BCUT2D eigenvalue weighted by Gasteiger charge is 2.24. The maximum Gasteiger partial charge on any atom is 0.255 e. The van der Waals surface area contributed by atoms with Gasteiger partial charge in [-0.2, -0.15) is 5.26 Å². The van der Waals surface area contributed by atoms with Gasteiger partial charge in [-0.15, -0.1) is 0 Å². The second-order valence-corrected chi connectivity index (χ2v) is 6.62. The molecule has 1 atom stereocenters. The van der Waals surface area contributed by atoms with Crippen LogP contribution in [0.15, 0.2) is 53.7 Å². The second-order valence-electron chi connectivity index (χ2n) is 6.62. The Morgan fingerprint density at radius 2 is 2.14 bits per heavy atom. The monoisotopic (exact) mass is 373 g/mol. The van der Waals surface area contributed by atoms with Crippen molar-refractivity contribution < 1.29 is 0 Å². The van der Waals surface area contributed by atoms with Gasteiger partial charge in [-0.05, 0) is 23.8 Å². The summed E-state index contributed by atoms with van der Waals surface area (Å²) in [7, 11) is 1.72. The summed E-state index contributed by atoms with van der Waals surface area (Å²) in [5, 5.41) is 12.6. The van der Waals surface area contributed by atoms with Crippen molar-refractivity contribution in [1.29, 1.82) is 5.26 Å². The van der Waals surface area contributed by atoms with Crippen molar-refractivity contribution in [3.05, 3.63) is 70.4 Å². The Balaban J connectivity index is 1.67. The average molecular weight is 373 g/mol.